The molecule has 1 amide bonds. The van der Waals surface area contributed by atoms with Gasteiger partial charge in [0.05, 0.1) is 26.4 Å². The highest BCUT2D eigenvalue weighted by Gasteiger charge is 2.16. The summed E-state index contributed by atoms with van der Waals surface area (Å²) in [6, 6.07) is 0. The first-order valence-electron chi connectivity index (χ1n) is 11.9. The normalized spacial score (nSPS) is 11.3. The molecular formula is C25H51NO6. The van der Waals surface area contributed by atoms with E-state index < -0.39 is 11.7 Å². The van der Waals surface area contributed by atoms with Crippen molar-refractivity contribution in [3.63, 3.8) is 0 Å². The minimum absolute atomic E-state index is 0.446. The van der Waals surface area contributed by atoms with Crippen LogP contribution in [0.15, 0.2) is 12.3 Å². The molecule has 192 valence electrons. The van der Waals surface area contributed by atoms with Crippen molar-refractivity contribution in [2.75, 3.05) is 53.4 Å². The third-order valence-corrected chi connectivity index (χ3v) is 3.93. The second-order valence-corrected chi connectivity index (χ2v) is 9.53. The topological polar surface area (TPSA) is 75.3 Å². The smallest absolute Gasteiger partial charge is 0.411 e. The first-order chi connectivity index (χ1) is 15.0. The lowest BCUT2D eigenvalue weighted by atomic mass is 10.1. The van der Waals surface area contributed by atoms with E-state index in [9.17, 15) is 4.79 Å². The number of carbonyl (C=O) groups excluding carboxylic acids is 1. The first-order valence-corrected chi connectivity index (χ1v) is 11.9. The Hall–Kier alpha value is -1.15. The van der Waals surface area contributed by atoms with Crippen LogP contribution in [0.5, 0.6) is 0 Å². The molecule has 0 unspecified atom stereocenters. The summed E-state index contributed by atoms with van der Waals surface area (Å²) in [4.78, 5) is 11.5. The van der Waals surface area contributed by atoms with Crippen LogP contribution in [0.2, 0.25) is 0 Å². The number of amides is 1. The maximum absolute atomic E-state index is 11.5. The average Bonchev–Trinajstić information content (AvgIpc) is 2.65. The van der Waals surface area contributed by atoms with Gasteiger partial charge in [0, 0.05) is 32.6 Å². The molecule has 0 fully saturated rings. The third kappa shape index (κ3) is 31.0. The predicted octanol–water partition coefficient (Wildman–Crippen LogP) is 5.58. The van der Waals surface area contributed by atoms with Crippen molar-refractivity contribution in [2.45, 2.75) is 79.8 Å². The van der Waals surface area contributed by atoms with Crippen molar-refractivity contribution in [1.29, 1.82) is 0 Å². The molecule has 0 saturated carbocycles. The molecule has 0 aromatic rings. The maximum atomic E-state index is 11.5. The van der Waals surface area contributed by atoms with Gasteiger partial charge in [-0.05, 0) is 58.3 Å². The highest BCUT2D eigenvalue weighted by atomic mass is 16.6. The minimum atomic E-state index is -0.482. The molecule has 32 heavy (non-hydrogen) atoms. The van der Waals surface area contributed by atoms with E-state index in [0.29, 0.717) is 51.1 Å². The Balaban J connectivity index is 0. The van der Waals surface area contributed by atoms with Crippen LogP contribution in [0.3, 0.4) is 0 Å². The van der Waals surface area contributed by atoms with Gasteiger partial charge in [-0.15, -0.1) is 0 Å². The van der Waals surface area contributed by atoms with Crippen molar-refractivity contribution in [3.8, 4) is 0 Å². The number of alkyl carbamates (subject to hydrolysis) is 1. The van der Waals surface area contributed by atoms with Gasteiger partial charge in [-0.3, -0.25) is 5.32 Å². The van der Waals surface area contributed by atoms with E-state index in [1.807, 2.05) is 20.8 Å². The second-order valence-electron chi connectivity index (χ2n) is 9.53. The Labute approximate surface area is 197 Å². The maximum Gasteiger partial charge on any atom is 0.411 e. The summed E-state index contributed by atoms with van der Waals surface area (Å²) in [5.41, 5.74) is 0.186. The van der Waals surface area contributed by atoms with E-state index in [2.05, 4.69) is 39.6 Å². The van der Waals surface area contributed by atoms with Crippen molar-refractivity contribution >= 4 is 6.09 Å². The van der Waals surface area contributed by atoms with E-state index in [4.69, 9.17) is 23.7 Å². The number of rotatable bonds is 17. The van der Waals surface area contributed by atoms with Gasteiger partial charge in [-0.2, -0.15) is 0 Å². The second kappa shape index (κ2) is 21.7. The zero-order chi connectivity index (χ0) is 24.8. The minimum Gasteiger partial charge on any atom is -0.444 e. The number of nitrogens with one attached hydrogen (secondary N) is 1. The summed E-state index contributed by atoms with van der Waals surface area (Å²) in [5.74, 6) is 1.39. The molecule has 0 spiro atoms. The fraction of sp³-hybridized carbons (Fsp3) is 0.880. The lowest BCUT2D eigenvalue weighted by Gasteiger charge is -2.20. The van der Waals surface area contributed by atoms with Gasteiger partial charge in [0.15, 0.2) is 0 Å². The SMILES string of the molecule is C=C(CCCOCCC(C)C)NC(=O)OC(C)(C)C.COCCOCCOCCC(C)C. The van der Waals surface area contributed by atoms with Gasteiger partial charge in [0.2, 0.25) is 0 Å². The molecule has 0 atom stereocenters. The number of carbonyl (C=O) groups is 1. The summed E-state index contributed by atoms with van der Waals surface area (Å²) in [6.45, 7) is 23.0. The number of allylic oxidation sites excluding steroid dienone is 1. The lowest BCUT2D eigenvalue weighted by molar-refractivity contribution is 0.0226. The highest BCUT2D eigenvalue weighted by molar-refractivity contribution is 5.69. The van der Waals surface area contributed by atoms with Crippen LogP contribution in [-0.4, -0.2) is 65.1 Å². The molecule has 7 nitrogen and oxygen atoms in total. The summed E-state index contributed by atoms with van der Waals surface area (Å²) >= 11 is 0. The zero-order valence-electron chi connectivity index (χ0n) is 22.1. The van der Waals surface area contributed by atoms with Gasteiger partial charge in [0.1, 0.15) is 5.60 Å². The van der Waals surface area contributed by atoms with Gasteiger partial charge in [-0.1, -0.05) is 34.3 Å². The van der Waals surface area contributed by atoms with Gasteiger partial charge >= 0.3 is 6.09 Å². The number of methoxy groups -OCH3 is 1. The molecule has 1 N–H and O–H groups in total. The van der Waals surface area contributed by atoms with Gasteiger partial charge < -0.3 is 23.7 Å². The van der Waals surface area contributed by atoms with E-state index in [1.165, 1.54) is 0 Å². The first kappa shape index (κ1) is 33.0. The fourth-order valence-corrected chi connectivity index (χ4v) is 2.10. The van der Waals surface area contributed by atoms with Crippen molar-refractivity contribution in [2.24, 2.45) is 11.8 Å². The molecule has 0 aromatic heterocycles. The molecule has 0 bridgehead atoms. The Morgan fingerprint density at radius 2 is 1.28 bits per heavy atom. The molecule has 0 aromatic carbocycles. The molecule has 0 aliphatic rings. The molecule has 0 aliphatic carbocycles. The van der Waals surface area contributed by atoms with Crippen molar-refractivity contribution < 1.29 is 28.5 Å². The van der Waals surface area contributed by atoms with Gasteiger partial charge in [-0.25, -0.2) is 4.79 Å². The Morgan fingerprint density at radius 3 is 1.75 bits per heavy atom. The summed E-state index contributed by atoms with van der Waals surface area (Å²) < 4.78 is 26.1. The van der Waals surface area contributed by atoms with Crippen LogP contribution in [-0.2, 0) is 23.7 Å². The van der Waals surface area contributed by atoms with Crippen LogP contribution in [0.1, 0.15) is 74.1 Å². The molecule has 7 heteroatoms. The standard InChI is InChI=1S/C15H29NO3.C10H22O3/c1-12(2)9-11-18-10-7-8-13(3)16-14(17)19-15(4,5)6;1-10(2)4-5-12-8-9-13-7-6-11-3/h12H,3,7-11H2,1-2,4-6H3,(H,16,17);10H,4-9H2,1-3H3. The number of hydrogen-bond donors (Lipinski definition) is 1. The Morgan fingerprint density at radius 1 is 0.812 bits per heavy atom. The van der Waals surface area contributed by atoms with Crippen LogP contribution in [0.4, 0.5) is 4.79 Å². The molecular weight excluding hydrogens is 410 g/mol. The molecule has 0 saturated heterocycles. The van der Waals surface area contributed by atoms with E-state index in [0.717, 1.165) is 38.4 Å². The van der Waals surface area contributed by atoms with Crippen LogP contribution in [0, 0.1) is 11.8 Å². The Bertz CT molecular complexity index is 446. The van der Waals surface area contributed by atoms with Gasteiger partial charge in [0.25, 0.3) is 0 Å². The molecule has 0 radical (unpaired) electrons. The van der Waals surface area contributed by atoms with E-state index in [1.54, 1.807) is 7.11 Å². The van der Waals surface area contributed by atoms with E-state index >= 15 is 0 Å². The monoisotopic (exact) mass is 461 g/mol. The molecule has 0 aliphatic heterocycles. The van der Waals surface area contributed by atoms with Crippen LogP contribution in [0.25, 0.3) is 0 Å². The summed E-state index contributed by atoms with van der Waals surface area (Å²) in [5, 5.41) is 2.63. The quantitative estimate of drug-likeness (QED) is 0.285. The predicted molar refractivity (Wildman–Crippen MR) is 131 cm³/mol. The average molecular weight is 462 g/mol. The Kier molecular flexibility index (Phi) is 22.4. The third-order valence-electron chi connectivity index (χ3n) is 3.93. The van der Waals surface area contributed by atoms with Crippen LogP contribution < -0.4 is 5.32 Å². The highest BCUT2D eigenvalue weighted by Crippen LogP contribution is 2.08. The van der Waals surface area contributed by atoms with Crippen LogP contribution >= 0.6 is 0 Å². The number of hydrogen-bond acceptors (Lipinski definition) is 6. The summed E-state index contributed by atoms with van der Waals surface area (Å²) in [7, 11) is 1.67. The molecule has 0 heterocycles. The van der Waals surface area contributed by atoms with Crippen molar-refractivity contribution in [1.82, 2.24) is 5.32 Å². The zero-order valence-corrected chi connectivity index (χ0v) is 22.1. The lowest BCUT2D eigenvalue weighted by Crippen LogP contribution is -2.31. The number of ether oxygens (including phenoxy) is 5. The van der Waals surface area contributed by atoms with E-state index in [-0.39, 0.29) is 0 Å². The largest absolute Gasteiger partial charge is 0.444 e. The molecule has 0 rings (SSSR count). The summed E-state index contributed by atoms with van der Waals surface area (Å²) in [6.07, 6.45) is 3.32. The van der Waals surface area contributed by atoms with Crippen molar-refractivity contribution in [3.05, 3.63) is 12.3 Å². The fourth-order valence-electron chi connectivity index (χ4n) is 2.10.